The Kier molecular flexibility index (Phi) is 4.90. The molecule has 4 rings (SSSR count). The Morgan fingerprint density at radius 2 is 1.55 bits per heavy atom. The molecule has 3 aromatic heterocycles. The van der Waals surface area contributed by atoms with Crippen molar-refractivity contribution in [3.8, 4) is 45.6 Å². The molecule has 0 aliphatic rings. The first kappa shape index (κ1) is 18.5. The maximum atomic E-state index is 5.47. The monoisotopic (exact) mass is 392 g/mol. The van der Waals surface area contributed by atoms with Gasteiger partial charge in [0.25, 0.3) is 0 Å². The Hall–Kier alpha value is -3.81. The number of pyridine rings is 2. The summed E-state index contributed by atoms with van der Waals surface area (Å²) in [5, 5.41) is 8.64. The number of methoxy groups -OCH3 is 4. The number of fused-ring (bicyclic) bond motifs is 1. The molecular weight excluding hydrogens is 372 g/mol. The normalized spacial score (nSPS) is 10.8. The largest absolute Gasteiger partial charge is 0.493 e. The molecule has 8 nitrogen and oxygen atoms in total. The lowest BCUT2D eigenvalue weighted by Gasteiger charge is -2.13. The van der Waals surface area contributed by atoms with Gasteiger partial charge in [0.15, 0.2) is 23.0 Å². The van der Waals surface area contributed by atoms with Gasteiger partial charge < -0.3 is 18.9 Å². The molecule has 0 atom stereocenters. The number of hydrogen-bond acceptors (Lipinski definition) is 7. The first-order valence-corrected chi connectivity index (χ1v) is 8.84. The first-order chi connectivity index (χ1) is 14.2. The molecule has 0 bridgehead atoms. The molecule has 0 N–H and O–H groups in total. The molecule has 0 spiro atoms. The zero-order valence-electron chi connectivity index (χ0n) is 16.5. The van der Waals surface area contributed by atoms with Crippen molar-refractivity contribution in [3.05, 3.63) is 48.8 Å². The summed E-state index contributed by atoms with van der Waals surface area (Å²) in [6, 6.07) is 11.4. The van der Waals surface area contributed by atoms with E-state index in [2.05, 4.69) is 15.2 Å². The van der Waals surface area contributed by atoms with E-state index in [1.807, 2.05) is 47.0 Å². The summed E-state index contributed by atoms with van der Waals surface area (Å²) >= 11 is 0. The van der Waals surface area contributed by atoms with Crippen LogP contribution in [-0.2, 0) is 0 Å². The smallest absolute Gasteiger partial charge is 0.221 e. The quantitative estimate of drug-likeness (QED) is 0.497. The van der Waals surface area contributed by atoms with E-state index in [4.69, 9.17) is 18.9 Å². The predicted molar refractivity (Wildman–Crippen MR) is 108 cm³/mol. The van der Waals surface area contributed by atoms with E-state index in [-0.39, 0.29) is 0 Å². The van der Waals surface area contributed by atoms with Crippen molar-refractivity contribution in [2.45, 2.75) is 0 Å². The van der Waals surface area contributed by atoms with E-state index in [0.29, 0.717) is 34.6 Å². The van der Waals surface area contributed by atoms with Gasteiger partial charge in [-0.1, -0.05) is 0 Å². The third-order valence-corrected chi connectivity index (χ3v) is 4.60. The van der Waals surface area contributed by atoms with Gasteiger partial charge in [-0.15, -0.1) is 10.2 Å². The average Bonchev–Trinajstić information content (AvgIpc) is 3.21. The number of aromatic nitrogens is 4. The third-order valence-electron chi connectivity index (χ3n) is 4.60. The molecule has 4 aromatic rings. The van der Waals surface area contributed by atoms with Gasteiger partial charge in [0, 0.05) is 29.1 Å². The van der Waals surface area contributed by atoms with E-state index in [1.165, 1.54) is 0 Å². The number of benzene rings is 1. The van der Waals surface area contributed by atoms with Crippen LogP contribution in [0.5, 0.6) is 23.1 Å². The average molecular weight is 392 g/mol. The zero-order valence-corrected chi connectivity index (χ0v) is 16.5. The summed E-state index contributed by atoms with van der Waals surface area (Å²) in [6.45, 7) is 0. The van der Waals surface area contributed by atoms with Crippen LogP contribution < -0.4 is 18.9 Å². The van der Waals surface area contributed by atoms with Gasteiger partial charge in [-0.25, -0.2) is 4.98 Å². The summed E-state index contributed by atoms with van der Waals surface area (Å²) in [5.41, 5.74) is 3.29. The number of hydrogen-bond donors (Lipinski definition) is 0. The van der Waals surface area contributed by atoms with Gasteiger partial charge >= 0.3 is 0 Å². The molecule has 0 aliphatic heterocycles. The highest BCUT2D eigenvalue weighted by Gasteiger charge is 2.18. The van der Waals surface area contributed by atoms with Crippen molar-refractivity contribution in [2.75, 3.05) is 28.4 Å². The summed E-state index contributed by atoms with van der Waals surface area (Å²) in [7, 11) is 6.33. The first-order valence-electron chi connectivity index (χ1n) is 8.84. The van der Waals surface area contributed by atoms with Gasteiger partial charge in [-0.05, 0) is 36.4 Å². The van der Waals surface area contributed by atoms with Crippen molar-refractivity contribution in [1.29, 1.82) is 0 Å². The molecule has 0 amide bonds. The molecule has 1 aromatic carbocycles. The van der Waals surface area contributed by atoms with Crippen LogP contribution in [0.3, 0.4) is 0 Å². The topological polar surface area (TPSA) is 80.0 Å². The van der Waals surface area contributed by atoms with Crippen LogP contribution in [0.25, 0.3) is 28.2 Å². The van der Waals surface area contributed by atoms with Crippen molar-refractivity contribution in [3.63, 3.8) is 0 Å². The fourth-order valence-corrected chi connectivity index (χ4v) is 3.23. The molecular formula is C21H20N4O4. The Labute approximate surface area is 167 Å². The van der Waals surface area contributed by atoms with Gasteiger partial charge in [0.1, 0.15) is 0 Å². The summed E-state index contributed by atoms with van der Waals surface area (Å²) in [6.07, 6.45) is 3.65. The van der Waals surface area contributed by atoms with Crippen molar-refractivity contribution in [1.82, 2.24) is 19.6 Å². The van der Waals surface area contributed by atoms with Crippen LogP contribution in [-0.4, -0.2) is 48.0 Å². The Morgan fingerprint density at radius 1 is 0.793 bits per heavy atom. The molecule has 3 heterocycles. The lowest BCUT2D eigenvalue weighted by molar-refractivity contribution is 0.324. The van der Waals surface area contributed by atoms with Crippen LogP contribution in [0.1, 0.15) is 0 Å². The van der Waals surface area contributed by atoms with Crippen LogP contribution in [0.15, 0.2) is 48.8 Å². The van der Waals surface area contributed by atoms with E-state index in [0.717, 1.165) is 16.7 Å². The van der Waals surface area contributed by atoms with Gasteiger partial charge in [-0.3, -0.25) is 4.40 Å². The van der Waals surface area contributed by atoms with E-state index in [9.17, 15) is 0 Å². The highest BCUT2D eigenvalue weighted by atomic mass is 16.5. The second kappa shape index (κ2) is 7.67. The number of rotatable bonds is 6. The molecule has 0 radical (unpaired) electrons. The van der Waals surface area contributed by atoms with Crippen molar-refractivity contribution >= 4 is 5.65 Å². The molecule has 0 saturated heterocycles. The Balaban J connectivity index is 1.90. The minimum atomic E-state index is 0.522. The molecule has 0 unspecified atom stereocenters. The van der Waals surface area contributed by atoms with Gasteiger partial charge in [0.2, 0.25) is 11.6 Å². The van der Waals surface area contributed by atoms with Crippen LogP contribution in [0.2, 0.25) is 0 Å². The Morgan fingerprint density at radius 3 is 2.21 bits per heavy atom. The maximum Gasteiger partial charge on any atom is 0.221 e. The summed E-state index contributed by atoms with van der Waals surface area (Å²) < 4.78 is 23.6. The summed E-state index contributed by atoms with van der Waals surface area (Å²) in [4.78, 5) is 4.28. The fourth-order valence-electron chi connectivity index (χ4n) is 3.23. The van der Waals surface area contributed by atoms with E-state index in [1.54, 1.807) is 34.6 Å². The van der Waals surface area contributed by atoms with Crippen LogP contribution in [0, 0.1) is 0 Å². The minimum Gasteiger partial charge on any atom is -0.493 e. The lowest BCUT2D eigenvalue weighted by atomic mass is 10.1. The Bertz CT molecular complexity index is 1150. The zero-order chi connectivity index (χ0) is 20.4. The van der Waals surface area contributed by atoms with E-state index >= 15 is 0 Å². The van der Waals surface area contributed by atoms with Crippen LogP contribution in [0.4, 0.5) is 0 Å². The molecule has 29 heavy (non-hydrogen) atoms. The van der Waals surface area contributed by atoms with Crippen LogP contribution >= 0.6 is 0 Å². The molecule has 0 fully saturated rings. The van der Waals surface area contributed by atoms with E-state index < -0.39 is 0 Å². The molecule has 148 valence electrons. The molecule has 0 aliphatic carbocycles. The lowest BCUT2D eigenvalue weighted by Crippen LogP contribution is -1.97. The highest BCUT2D eigenvalue weighted by Crippen LogP contribution is 2.41. The second-order valence-electron chi connectivity index (χ2n) is 6.14. The highest BCUT2D eigenvalue weighted by molar-refractivity contribution is 5.72. The standard InChI is InChI=1S/C21H20N4O4/c1-26-16-10-14(11-17(27-2)19(16)28-3)20-24-23-18-8-7-13(12-25(18)20)15-6-5-9-22-21(15)29-4/h5-12H,1-4H3. The maximum absolute atomic E-state index is 5.47. The third kappa shape index (κ3) is 3.18. The van der Waals surface area contributed by atoms with Gasteiger partial charge in [-0.2, -0.15) is 0 Å². The molecule has 8 heteroatoms. The minimum absolute atomic E-state index is 0.522. The van der Waals surface area contributed by atoms with Gasteiger partial charge in [0.05, 0.1) is 28.4 Å². The molecule has 0 saturated carbocycles. The number of ether oxygens (including phenoxy) is 4. The number of nitrogens with zero attached hydrogens (tertiary/aromatic N) is 4. The van der Waals surface area contributed by atoms with Crippen molar-refractivity contribution < 1.29 is 18.9 Å². The summed E-state index contributed by atoms with van der Waals surface area (Å²) in [5.74, 6) is 2.80. The SMILES string of the molecule is COc1cc(-c2nnc3ccc(-c4cccnc4OC)cn23)cc(OC)c1OC. The fraction of sp³-hybridized carbons (Fsp3) is 0.190. The van der Waals surface area contributed by atoms with Crippen molar-refractivity contribution in [2.24, 2.45) is 0 Å². The second-order valence-corrected chi connectivity index (χ2v) is 6.14. The predicted octanol–water partition coefficient (Wildman–Crippen LogP) is 3.49.